The molecule has 0 radical (unpaired) electrons. The molecule has 0 amide bonds. The zero-order valence-electron chi connectivity index (χ0n) is 15.6. The van der Waals surface area contributed by atoms with Gasteiger partial charge in [-0.25, -0.2) is 0 Å². The zero-order chi connectivity index (χ0) is 16.0. The summed E-state index contributed by atoms with van der Waals surface area (Å²) < 4.78 is 1.20. The maximum absolute atomic E-state index is 6.94. The first-order chi connectivity index (χ1) is 9.84. The van der Waals surface area contributed by atoms with E-state index in [2.05, 4.69) is 65.1 Å². The molecule has 0 aromatic heterocycles. The van der Waals surface area contributed by atoms with Crippen molar-refractivity contribution in [1.82, 2.24) is 0 Å². The molecule has 1 nitrogen and oxygen atoms in total. The number of benzene rings is 2. The van der Waals surface area contributed by atoms with Gasteiger partial charge in [0, 0.05) is 0 Å². The number of halogens is 3. The zero-order valence-corrected chi connectivity index (χ0v) is 23.2. The first-order valence-corrected chi connectivity index (χ1v) is 13.7. The normalized spacial score (nSPS) is 9.44. The van der Waals surface area contributed by atoms with Crippen LogP contribution in [0.2, 0.25) is 0 Å². The van der Waals surface area contributed by atoms with E-state index >= 15 is 0 Å². The first kappa shape index (κ1) is 33.4. The third-order valence-corrected chi connectivity index (χ3v) is 3.30. The number of rotatable bonds is 0. The topological polar surface area (TPSA) is 23.8 Å². The van der Waals surface area contributed by atoms with Crippen molar-refractivity contribution >= 4 is 54.3 Å². The van der Waals surface area contributed by atoms with E-state index in [9.17, 15) is 0 Å². The monoisotopic (exact) mass is 585 g/mol. The summed E-state index contributed by atoms with van der Waals surface area (Å²) in [7, 11) is 0. The van der Waals surface area contributed by atoms with Gasteiger partial charge in [0.05, 0.1) is 0 Å². The Morgan fingerprint density at radius 1 is 1.00 bits per heavy atom. The van der Waals surface area contributed by atoms with Crippen molar-refractivity contribution in [2.24, 2.45) is 0 Å². The molecule has 25 heavy (non-hydrogen) atoms. The molecular formula is C19H28Cl2INSiZr-4. The van der Waals surface area contributed by atoms with E-state index in [-0.39, 0.29) is 45.2 Å². The molecule has 0 saturated carbocycles. The molecule has 0 aliphatic heterocycles. The Morgan fingerprint density at radius 2 is 1.48 bits per heavy atom. The predicted molar refractivity (Wildman–Crippen MR) is 126 cm³/mol. The number of fused-ring (bicyclic) bond motifs is 3. The molecule has 6 heteroatoms. The Kier molecular flexibility index (Phi) is 21.1. The van der Waals surface area contributed by atoms with E-state index in [4.69, 9.17) is 5.73 Å². The van der Waals surface area contributed by atoms with E-state index in [0.717, 1.165) is 6.42 Å². The van der Waals surface area contributed by atoms with Crippen LogP contribution in [0.15, 0.2) is 36.4 Å². The molecule has 0 spiro atoms. The van der Waals surface area contributed by atoms with Crippen molar-refractivity contribution in [3.8, 4) is 11.1 Å². The standard InChI is InChI=1S/C13H8I.C4H10N.2CH3.2ClH.H2Si.Zr/c14-11-5-6-13-10(8-11)7-9-3-1-2-4-12(9)13;1-4(2,3)5;;;;;;/h1-6H,7H2;5H,1-3H3;2*1H3;2*1H;1H2;/q4*-1;;;;. The second kappa shape index (κ2) is 15.8. The fourth-order valence-corrected chi connectivity index (χ4v) is 2.53. The van der Waals surface area contributed by atoms with Crippen molar-refractivity contribution < 1.29 is 23.3 Å². The molecule has 1 aliphatic carbocycles. The van der Waals surface area contributed by atoms with E-state index in [1.807, 2.05) is 27.7 Å². The minimum atomic E-state index is -0.250. The van der Waals surface area contributed by atoms with Gasteiger partial charge in [-0.2, -0.15) is 18.2 Å². The van der Waals surface area contributed by atoms with Crippen LogP contribution in [-0.2, 0) is 29.8 Å². The molecule has 2 aromatic rings. The molecule has 1 N–H and O–H groups in total. The Labute approximate surface area is 197 Å². The van der Waals surface area contributed by atoms with Crippen LogP contribution in [0.4, 0.5) is 0 Å². The Balaban J connectivity index is -0.000000178. The van der Waals surface area contributed by atoms with Gasteiger partial charge in [0.2, 0.25) is 0 Å². The third kappa shape index (κ3) is 12.0. The molecule has 0 fully saturated rings. The maximum atomic E-state index is 6.94. The summed E-state index contributed by atoms with van der Waals surface area (Å²) >= 11 is 3.89. The van der Waals surface area contributed by atoms with Gasteiger partial charge < -0.3 is 20.6 Å². The summed E-state index contributed by atoms with van der Waals surface area (Å²) in [6.45, 7) is 7.51. The van der Waals surface area contributed by atoms with Crippen LogP contribution in [-0.4, -0.2) is 12.4 Å². The quantitative estimate of drug-likeness (QED) is 0.167. The summed E-state index contributed by atoms with van der Waals surface area (Å²) in [4.78, 5) is 0. The predicted octanol–water partition coefficient (Wildman–Crippen LogP) is 6.33. The Morgan fingerprint density at radius 3 is 2.00 bits per heavy atom. The van der Waals surface area contributed by atoms with E-state index < -0.39 is 0 Å². The van der Waals surface area contributed by atoms with Gasteiger partial charge in [-0.3, -0.25) is 0 Å². The Bertz CT molecular complexity index is 613. The average Bonchev–Trinajstić information content (AvgIpc) is 2.76. The molecule has 0 atom stereocenters. The molecule has 142 valence electrons. The number of nitrogens with one attached hydrogen (secondary N) is 1. The van der Waals surface area contributed by atoms with Gasteiger partial charge in [0.25, 0.3) is 0 Å². The summed E-state index contributed by atoms with van der Waals surface area (Å²) in [5.41, 5.74) is 12.2. The molecular weight excluding hydrogens is 559 g/mol. The molecule has 0 bridgehead atoms. The summed E-state index contributed by atoms with van der Waals surface area (Å²) in [6.07, 6.45) is 1.04. The minimum absolute atomic E-state index is 0. The van der Waals surface area contributed by atoms with Crippen LogP contribution in [0.1, 0.15) is 31.9 Å². The summed E-state index contributed by atoms with van der Waals surface area (Å²) in [5, 5.41) is 0. The molecule has 1 aliphatic rings. The van der Waals surface area contributed by atoms with Gasteiger partial charge in [-0.05, 0) is 6.42 Å². The van der Waals surface area contributed by atoms with Gasteiger partial charge in [-0.1, -0.05) is 82.3 Å². The SMILES string of the molecule is CC(C)(C)[NH-].Cl.Cl.Ic1[c-]c2c(cc1)-c1ccccc1C2.[CH3-].[CH3-].[SiH2]=[Zr]. The van der Waals surface area contributed by atoms with Crippen molar-refractivity contribution in [2.45, 2.75) is 32.7 Å². The van der Waals surface area contributed by atoms with E-state index in [0.29, 0.717) is 0 Å². The molecule has 0 heterocycles. The van der Waals surface area contributed by atoms with Crippen LogP contribution in [0, 0.1) is 24.5 Å². The first-order valence-electron chi connectivity index (χ1n) is 6.74. The summed E-state index contributed by atoms with van der Waals surface area (Å²) in [6, 6.07) is 16.4. The molecule has 0 unspecified atom stereocenters. The van der Waals surface area contributed by atoms with Crippen molar-refractivity contribution in [3.63, 3.8) is 0 Å². The summed E-state index contributed by atoms with van der Waals surface area (Å²) in [5.74, 6) is 0. The van der Waals surface area contributed by atoms with Crippen molar-refractivity contribution in [2.75, 3.05) is 0 Å². The third-order valence-electron chi connectivity index (χ3n) is 2.67. The van der Waals surface area contributed by atoms with Crippen LogP contribution < -0.4 is 0 Å². The van der Waals surface area contributed by atoms with Gasteiger partial charge in [-0.15, -0.1) is 41.5 Å². The second-order valence-electron chi connectivity index (χ2n) is 5.78. The Hall–Kier alpha value is 0.810. The fraction of sp³-hybridized carbons (Fsp3) is 0.263. The molecule has 0 saturated heterocycles. The van der Waals surface area contributed by atoms with E-state index in [1.165, 1.54) is 25.8 Å². The van der Waals surface area contributed by atoms with E-state index in [1.54, 1.807) is 23.3 Å². The average molecular weight is 588 g/mol. The van der Waals surface area contributed by atoms with Gasteiger partial charge >= 0.3 is 30.2 Å². The van der Waals surface area contributed by atoms with Crippen LogP contribution in [0.3, 0.4) is 0 Å². The van der Waals surface area contributed by atoms with Crippen LogP contribution in [0.25, 0.3) is 16.9 Å². The number of hydrogen-bond donors (Lipinski definition) is 0. The second-order valence-corrected chi connectivity index (χ2v) is 6.94. The van der Waals surface area contributed by atoms with Crippen LogP contribution in [0.5, 0.6) is 0 Å². The molecule has 2 aromatic carbocycles. The number of hydrogen-bond acceptors (Lipinski definition) is 0. The van der Waals surface area contributed by atoms with Crippen LogP contribution >= 0.6 is 47.4 Å². The molecule has 3 rings (SSSR count). The fourth-order valence-electron chi connectivity index (χ4n) is 2.03. The van der Waals surface area contributed by atoms with Gasteiger partial charge in [0.1, 0.15) is 0 Å². The van der Waals surface area contributed by atoms with Crippen molar-refractivity contribution in [3.05, 3.63) is 77.7 Å². The van der Waals surface area contributed by atoms with Gasteiger partial charge in [0.15, 0.2) is 0 Å². The van der Waals surface area contributed by atoms with Crippen molar-refractivity contribution in [1.29, 1.82) is 0 Å².